The molecule has 1 atom stereocenters. The molecule has 5 heteroatoms. The Labute approximate surface area is 148 Å². The van der Waals surface area contributed by atoms with Crippen molar-refractivity contribution in [2.75, 3.05) is 32.6 Å². The molecule has 1 fully saturated rings. The molecule has 0 unspecified atom stereocenters. The van der Waals surface area contributed by atoms with Crippen LogP contribution in [0.5, 0.6) is 5.75 Å². The maximum absolute atomic E-state index is 12.5. The van der Waals surface area contributed by atoms with Crippen LogP contribution in [0.4, 0.5) is 10.5 Å². The Morgan fingerprint density at radius 2 is 2.00 bits per heavy atom. The molecule has 3 rings (SSSR count). The molecule has 1 N–H and O–H groups in total. The van der Waals surface area contributed by atoms with Crippen LogP contribution >= 0.6 is 0 Å². The number of urea groups is 1. The Kier molecular flexibility index (Phi) is 5.56. The number of para-hydroxylation sites is 1. The second-order valence-electron chi connectivity index (χ2n) is 6.16. The van der Waals surface area contributed by atoms with Crippen molar-refractivity contribution in [1.29, 1.82) is 0 Å². The number of nitrogens with one attached hydrogen (secondary N) is 1. The van der Waals surface area contributed by atoms with Crippen LogP contribution in [0.1, 0.15) is 12.8 Å². The minimum Gasteiger partial charge on any atom is -0.496 e. The number of hydrogen-bond donors (Lipinski definition) is 1. The van der Waals surface area contributed by atoms with E-state index in [4.69, 9.17) is 9.47 Å². The van der Waals surface area contributed by atoms with Crippen molar-refractivity contribution in [3.8, 4) is 16.9 Å². The van der Waals surface area contributed by atoms with Gasteiger partial charge in [0.1, 0.15) is 5.75 Å². The number of amides is 2. The van der Waals surface area contributed by atoms with E-state index < -0.39 is 0 Å². The predicted octanol–water partition coefficient (Wildman–Crippen LogP) is 4.00. The number of anilines is 1. The Bertz CT molecular complexity index is 732. The minimum absolute atomic E-state index is 0.0843. The van der Waals surface area contributed by atoms with Gasteiger partial charge in [-0.2, -0.15) is 0 Å². The van der Waals surface area contributed by atoms with Gasteiger partial charge in [-0.15, -0.1) is 0 Å². The molecule has 1 aliphatic heterocycles. The quantitative estimate of drug-likeness (QED) is 0.915. The van der Waals surface area contributed by atoms with Crippen molar-refractivity contribution in [2.24, 2.45) is 0 Å². The first-order chi connectivity index (χ1) is 12.2. The lowest BCUT2D eigenvalue weighted by atomic mass is 10.0. The highest BCUT2D eigenvalue weighted by Crippen LogP contribution is 2.31. The average Bonchev–Trinajstić information content (AvgIpc) is 2.68. The Morgan fingerprint density at radius 1 is 1.16 bits per heavy atom. The Morgan fingerprint density at radius 3 is 2.80 bits per heavy atom. The van der Waals surface area contributed by atoms with Gasteiger partial charge in [0.15, 0.2) is 0 Å². The summed E-state index contributed by atoms with van der Waals surface area (Å²) in [5, 5.41) is 2.99. The smallest absolute Gasteiger partial charge is 0.321 e. The maximum atomic E-state index is 12.5. The Balaban J connectivity index is 1.74. The average molecular weight is 340 g/mol. The van der Waals surface area contributed by atoms with E-state index in [0.717, 1.165) is 42.0 Å². The molecule has 0 radical (unpaired) electrons. The van der Waals surface area contributed by atoms with Crippen molar-refractivity contribution in [3.63, 3.8) is 0 Å². The molecule has 0 saturated carbocycles. The summed E-state index contributed by atoms with van der Waals surface area (Å²) in [5.74, 6) is 0.810. The monoisotopic (exact) mass is 340 g/mol. The summed E-state index contributed by atoms with van der Waals surface area (Å²) in [6.45, 7) is 1.40. The van der Waals surface area contributed by atoms with E-state index in [1.54, 1.807) is 14.2 Å². The maximum Gasteiger partial charge on any atom is 0.321 e. The zero-order chi connectivity index (χ0) is 17.6. The van der Waals surface area contributed by atoms with Crippen molar-refractivity contribution in [1.82, 2.24) is 4.90 Å². The van der Waals surface area contributed by atoms with Gasteiger partial charge in [0, 0.05) is 31.5 Å². The molecular formula is C20H24N2O3. The van der Waals surface area contributed by atoms with Crippen molar-refractivity contribution in [2.45, 2.75) is 18.9 Å². The third-order valence-corrected chi connectivity index (χ3v) is 4.53. The second kappa shape index (κ2) is 8.03. The second-order valence-corrected chi connectivity index (χ2v) is 6.16. The van der Waals surface area contributed by atoms with E-state index in [9.17, 15) is 4.79 Å². The number of methoxy groups -OCH3 is 2. The number of carbonyl (C=O) groups excluding carboxylic acids is 1. The number of hydrogen-bond acceptors (Lipinski definition) is 3. The van der Waals surface area contributed by atoms with E-state index in [2.05, 4.69) is 5.32 Å². The first kappa shape index (κ1) is 17.3. The highest BCUT2D eigenvalue weighted by atomic mass is 16.5. The zero-order valence-electron chi connectivity index (χ0n) is 14.7. The molecule has 0 aromatic heterocycles. The van der Waals surface area contributed by atoms with Crippen LogP contribution in [0.15, 0.2) is 48.5 Å². The summed E-state index contributed by atoms with van der Waals surface area (Å²) in [6, 6.07) is 15.6. The van der Waals surface area contributed by atoms with Crippen LogP contribution in [0.3, 0.4) is 0 Å². The zero-order valence-corrected chi connectivity index (χ0v) is 14.7. The largest absolute Gasteiger partial charge is 0.496 e. The van der Waals surface area contributed by atoms with Gasteiger partial charge in [0.25, 0.3) is 0 Å². The van der Waals surface area contributed by atoms with E-state index in [1.807, 2.05) is 53.4 Å². The molecule has 1 saturated heterocycles. The lowest BCUT2D eigenvalue weighted by Crippen LogP contribution is -2.44. The van der Waals surface area contributed by atoms with Crippen LogP contribution in [-0.2, 0) is 4.74 Å². The first-order valence-corrected chi connectivity index (χ1v) is 8.53. The van der Waals surface area contributed by atoms with Crippen LogP contribution < -0.4 is 10.1 Å². The molecule has 0 aliphatic carbocycles. The van der Waals surface area contributed by atoms with Crippen molar-refractivity contribution < 1.29 is 14.3 Å². The van der Waals surface area contributed by atoms with Gasteiger partial charge in [0.2, 0.25) is 0 Å². The number of carbonyl (C=O) groups is 1. The molecule has 2 aromatic carbocycles. The molecule has 5 nitrogen and oxygen atoms in total. The van der Waals surface area contributed by atoms with Gasteiger partial charge in [0.05, 0.1) is 13.2 Å². The fourth-order valence-electron chi connectivity index (χ4n) is 3.17. The van der Waals surface area contributed by atoms with Crippen molar-refractivity contribution >= 4 is 11.7 Å². The van der Waals surface area contributed by atoms with Gasteiger partial charge in [-0.05, 0) is 36.6 Å². The summed E-state index contributed by atoms with van der Waals surface area (Å²) in [6.07, 6.45) is 2.09. The molecule has 1 aliphatic rings. The van der Waals surface area contributed by atoms with E-state index in [-0.39, 0.29) is 12.1 Å². The number of benzene rings is 2. The predicted molar refractivity (Wildman–Crippen MR) is 99.1 cm³/mol. The molecular weight excluding hydrogens is 316 g/mol. The van der Waals surface area contributed by atoms with E-state index >= 15 is 0 Å². The minimum atomic E-state index is -0.0843. The summed E-state index contributed by atoms with van der Waals surface area (Å²) >= 11 is 0. The third-order valence-electron chi connectivity index (χ3n) is 4.53. The van der Waals surface area contributed by atoms with Gasteiger partial charge in [-0.1, -0.05) is 30.3 Å². The van der Waals surface area contributed by atoms with Gasteiger partial charge < -0.3 is 19.7 Å². The molecule has 2 amide bonds. The van der Waals surface area contributed by atoms with E-state index in [0.29, 0.717) is 6.54 Å². The fraction of sp³-hybridized carbons (Fsp3) is 0.350. The molecule has 0 bridgehead atoms. The summed E-state index contributed by atoms with van der Waals surface area (Å²) < 4.78 is 10.8. The lowest BCUT2D eigenvalue weighted by Gasteiger charge is -2.31. The van der Waals surface area contributed by atoms with E-state index in [1.165, 1.54) is 0 Å². The molecule has 1 heterocycles. The highest BCUT2D eigenvalue weighted by Gasteiger charge is 2.23. The number of piperidine rings is 1. The highest BCUT2D eigenvalue weighted by molar-refractivity contribution is 5.90. The van der Waals surface area contributed by atoms with Gasteiger partial charge in [-0.25, -0.2) is 4.79 Å². The molecule has 2 aromatic rings. The van der Waals surface area contributed by atoms with Crippen LogP contribution in [0, 0.1) is 0 Å². The SMILES string of the molecule is COc1ccccc1-c1cccc(NC(=O)N2CCC[C@H](OC)C2)c1. The normalized spacial score (nSPS) is 17.2. The van der Waals surface area contributed by atoms with Crippen LogP contribution in [0.25, 0.3) is 11.1 Å². The molecule has 0 spiro atoms. The molecule has 25 heavy (non-hydrogen) atoms. The van der Waals surface area contributed by atoms with Crippen molar-refractivity contribution in [3.05, 3.63) is 48.5 Å². The van der Waals surface area contributed by atoms with Gasteiger partial charge in [-0.3, -0.25) is 0 Å². The number of likely N-dealkylation sites (tertiary alicyclic amines) is 1. The fourth-order valence-corrected chi connectivity index (χ4v) is 3.17. The topological polar surface area (TPSA) is 50.8 Å². The first-order valence-electron chi connectivity index (χ1n) is 8.53. The standard InChI is InChI=1S/C20H24N2O3/c1-24-17-9-6-12-22(14-17)20(23)21-16-8-5-7-15(13-16)18-10-3-4-11-19(18)25-2/h3-5,7-8,10-11,13,17H,6,9,12,14H2,1-2H3,(H,21,23)/t17-/m0/s1. The number of ether oxygens (including phenoxy) is 2. The van der Waals surface area contributed by atoms with Gasteiger partial charge >= 0.3 is 6.03 Å². The van der Waals surface area contributed by atoms with Crippen LogP contribution in [-0.4, -0.2) is 44.3 Å². The molecule has 132 valence electrons. The summed E-state index contributed by atoms with van der Waals surface area (Å²) in [4.78, 5) is 14.3. The third kappa shape index (κ3) is 4.12. The summed E-state index contributed by atoms with van der Waals surface area (Å²) in [7, 11) is 3.36. The lowest BCUT2D eigenvalue weighted by molar-refractivity contribution is 0.0458. The summed E-state index contributed by atoms with van der Waals surface area (Å²) in [5.41, 5.74) is 2.77. The number of rotatable bonds is 4. The Hall–Kier alpha value is -2.53. The van der Waals surface area contributed by atoms with Crippen LogP contribution in [0.2, 0.25) is 0 Å². The number of nitrogens with zero attached hydrogens (tertiary/aromatic N) is 1.